The molecule has 1 atom stereocenters. The van der Waals surface area contributed by atoms with Crippen molar-refractivity contribution in [1.82, 2.24) is 10.6 Å². The van der Waals surface area contributed by atoms with Crippen molar-refractivity contribution in [3.63, 3.8) is 0 Å². The zero-order valence-electron chi connectivity index (χ0n) is 25.2. The maximum Gasteiger partial charge on any atom is 0.243 e. The average Bonchev–Trinajstić information content (AvgIpc) is 2.82. The summed E-state index contributed by atoms with van der Waals surface area (Å²) < 4.78 is 10.4. The summed E-state index contributed by atoms with van der Waals surface area (Å²) in [5.41, 5.74) is 6.55. The predicted octanol–water partition coefficient (Wildman–Crippen LogP) is 3.66. The van der Waals surface area contributed by atoms with Crippen molar-refractivity contribution < 1.29 is 28.7 Å². The molecule has 10 nitrogen and oxygen atoms in total. The van der Waals surface area contributed by atoms with E-state index in [0.717, 1.165) is 12.0 Å². The molecule has 220 valence electrons. The summed E-state index contributed by atoms with van der Waals surface area (Å²) in [5, 5.41) is 7.82. The molecule has 5 N–H and O–H groups in total. The van der Waals surface area contributed by atoms with Crippen LogP contribution >= 0.6 is 0 Å². The van der Waals surface area contributed by atoms with E-state index < -0.39 is 11.5 Å². The summed E-state index contributed by atoms with van der Waals surface area (Å²) in [6.07, 6.45) is 1.60. The van der Waals surface area contributed by atoms with Crippen molar-refractivity contribution >= 4 is 37.6 Å². The van der Waals surface area contributed by atoms with Crippen molar-refractivity contribution in [3.8, 4) is 0 Å². The minimum atomic E-state index is -0.840. The van der Waals surface area contributed by atoms with E-state index in [-0.39, 0.29) is 36.5 Å². The number of hydrogen-bond donors (Lipinski definition) is 4. The molecule has 0 aliphatic rings. The van der Waals surface area contributed by atoms with Crippen LogP contribution in [0.5, 0.6) is 0 Å². The smallest absolute Gasteiger partial charge is 0.243 e. The Morgan fingerprint density at radius 1 is 1.03 bits per heavy atom. The number of rotatable bonds is 14. The minimum Gasteiger partial charge on any atom is -0.470 e. The summed E-state index contributed by atoms with van der Waals surface area (Å²) in [6, 6.07) is 6.86. The molecule has 1 aromatic rings. The van der Waals surface area contributed by atoms with Gasteiger partial charge < -0.3 is 31.2 Å². The lowest BCUT2D eigenvalue weighted by Crippen LogP contribution is -2.41. The zero-order chi connectivity index (χ0) is 30.6. The summed E-state index contributed by atoms with van der Waals surface area (Å²) in [7, 11) is 4.83. The molecule has 0 saturated heterocycles. The van der Waals surface area contributed by atoms with Gasteiger partial charge in [0.15, 0.2) is 0 Å². The highest BCUT2D eigenvalue weighted by atomic mass is 16.5. The number of nitrogens with two attached hydrogens (primary N) is 1. The molecule has 1 rings (SSSR count). The van der Waals surface area contributed by atoms with Crippen molar-refractivity contribution in [3.05, 3.63) is 29.8 Å². The van der Waals surface area contributed by atoms with Crippen molar-refractivity contribution in [2.45, 2.75) is 98.9 Å². The molecule has 1 unspecified atom stereocenters. The third kappa shape index (κ3) is 22.8. The number of carbonyl (C=O) groups excluding carboxylic acids is 4. The van der Waals surface area contributed by atoms with Gasteiger partial charge in [-0.2, -0.15) is 0 Å². The molecular weight excluding hydrogens is 499 g/mol. The van der Waals surface area contributed by atoms with Crippen LogP contribution in [-0.2, 0) is 30.5 Å². The van der Waals surface area contributed by atoms with E-state index in [2.05, 4.69) is 34.5 Å². The molecule has 2 radical (unpaired) electrons. The molecule has 0 heterocycles. The Hall–Kier alpha value is -2.92. The first-order valence-electron chi connectivity index (χ1n) is 13.2. The number of ether oxygens (including phenoxy) is 2. The van der Waals surface area contributed by atoms with Crippen LogP contribution in [0.25, 0.3) is 0 Å². The first-order valence-corrected chi connectivity index (χ1v) is 13.2. The lowest BCUT2D eigenvalue weighted by atomic mass is 10.0. The quantitative estimate of drug-likeness (QED) is 0.205. The fourth-order valence-corrected chi connectivity index (χ4v) is 2.68. The minimum absolute atomic E-state index is 0.0400. The zero-order valence-corrected chi connectivity index (χ0v) is 25.2. The predicted molar refractivity (Wildman–Crippen MR) is 156 cm³/mol. The van der Waals surface area contributed by atoms with Crippen LogP contribution in [0, 0.1) is 5.92 Å². The first kappa shape index (κ1) is 38.2. The molecule has 0 aliphatic carbocycles. The van der Waals surface area contributed by atoms with Gasteiger partial charge >= 0.3 is 0 Å². The SMILES string of the molecule is CC.CC(C)C(C)NC(=O)CC(C)(C)OCCC(C)(C)N.[B]C(=O)OCc1ccc(NC(=O)CNC=O)cc1. The number of hydrogen-bond acceptors (Lipinski definition) is 7. The van der Waals surface area contributed by atoms with Gasteiger partial charge in [-0.3, -0.25) is 19.2 Å². The Bertz CT molecular complexity index is 855. The highest BCUT2D eigenvalue weighted by Crippen LogP contribution is 2.17. The second-order valence-corrected chi connectivity index (χ2v) is 10.5. The standard InChI is InChI=1S/C15H32N2O2.C11H11BN2O4.C2H6/c1-11(2)12(3)17-13(18)10-15(6,7)19-9-8-14(4,5)16;12-11(17)18-6-8-1-3-9(4-2-8)14-10(16)5-13-7-15;1-2/h11-12H,8-10,16H2,1-7H3,(H,17,18);1-4,7H,5-6H2,(H,13,15)(H,14,16);1-2H3. The molecule has 0 saturated carbocycles. The van der Waals surface area contributed by atoms with Gasteiger partial charge in [0.2, 0.25) is 31.9 Å². The lowest BCUT2D eigenvalue weighted by Gasteiger charge is -2.28. The normalized spacial score (nSPS) is 11.6. The molecule has 0 aliphatic heterocycles. The van der Waals surface area contributed by atoms with Crippen LogP contribution in [0.1, 0.15) is 80.7 Å². The maximum atomic E-state index is 11.9. The van der Waals surface area contributed by atoms with Gasteiger partial charge in [0, 0.05) is 23.9 Å². The molecule has 39 heavy (non-hydrogen) atoms. The molecule has 0 aromatic heterocycles. The summed E-state index contributed by atoms with van der Waals surface area (Å²) in [6.45, 7) is 18.6. The molecule has 3 amide bonds. The van der Waals surface area contributed by atoms with E-state index in [1.807, 2.05) is 48.5 Å². The maximum absolute atomic E-state index is 11.9. The first-order chi connectivity index (χ1) is 18.0. The summed E-state index contributed by atoms with van der Waals surface area (Å²) in [5.74, 6) is -0.695. The van der Waals surface area contributed by atoms with E-state index in [0.29, 0.717) is 31.0 Å². The Morgan fingerprint density at radius 2 is 1.59 bits per heavy atom. The van der Waals surface area contributed by atoms with E-state index in [1.54, 1.807) is 24.3 Å². The van der Waals surface area contributed by atoms with Gasteiger partial charge in [-0.05, 0) is 64.7 Å². The Kier molecular flexibility index (Phi) is 19.7. The number of anilines is 1. The van der Waals surface area contributed by atoms with Crippen LogP contribution < -0.4 is 21.7 Å². The fraction of sp³-hybridized carbons (Fsp3) is 0.643. The van der Waals surface area contributed by atoms with Gasteiger partial charge in [-0.25, -0.2) is 0 Å². The average molecular weight is 549 g/mol. The molecule has 11 heteroatoms. The fourth-order valence-electron chi connectivity index (χ4n) is 2.68. The summed E-state index contributed by atoms with van der Waals surface area (Å²) in [4.78, 5) is 43.6. The van der Waals surface area contributed by atoms with Crippen molar-refractivity contribution in [1.29, 1.82) is 0 Å². The highest BCUT2D eigenvalue weighted by Gasteiger charge is 2.24. The number of benzene rings is 1. The lowest BCUT2D eigenvalue weighted by molar-refractivity contribution is -0.128. The number of amides is 3. The Balaban J connectivity index is 0. The Morgan fingerprint density at radius 3 is 2.05 bits per heavy atom. The van der Waals surface area contributed by atoms with Gasteiger partial charge in [-0.1, -0.05) is 39.8 Å². The van der Waals surface area contributed by atoms with Crippen molar-refractivity contribution in [2.75, 3.05) is 18.5 Å². The van der Waals surface area contributed by atoms with E-state index >= 15 is 0 Å². The largest absolute Gasteiger partial charge is 0.470 e. The molecule has 0 bridgehead atoms. The number of nitrogens with one attached hydrogen (secondary N) is 3. The Labute approximate surface area is 235 Å². The summed E-state index contributed by atoms with van der Waals surface area (Å²) >= 11 is 0. The molecule has 0 spiro atoms. The van der Waals surface area contributed by atoms with Gasteiger partial charge in [0.1, 0.15) is 6.61 Å². The van der Waals surface area contributed by atoms with Gasteiger partial charge in [0.25, 0.3) is 0 Å². The van der Waals surface area contributed by atoms with Gasteiger partial charge in [-0.15, -0.1) is 0 Å². The van der Waals surface area contributed by atoms with Crippen LogP contribution in [0.3, 0.4) is 0 Å². The highest BCUT2D eigenvalue weighted by molar-refractivity contribution is 6.55. The van der Waals surface area contributed by atoms with E-state index in [1.165, 1.54) is 0 Å². The van der Waals surface area contributed by atoms with E-state index in [4.69, 9.17) is 18.3 Å². The topological polar surface area (TPSA) is 149 Å². The van der Waals surface area contributed by atoms with Crippen LogP contribution in [0.4, 0.5) is 10.5 Å². The van der Waals surface area contributed by atoms with Crippen molar-refractivity contribution in [2.24, 2.45) is 11.7 Å². The second kappa shape index (κ2) is 20.1. The van der Waals surface area contributed by atoms with Crippen LogP contribution in [0.2, 0.25) is 0 Å². The van der Waals surface area contributed by atoms with Crippen LogP contribution in [0.15, 0.2) is 24.3 Å². The number of carbonyl (C=O) groups is 4. The third-order valence-electron chi connectivity index (χ3n) is 5.18. The second-order valence-electron chi connectivity index (χ2n) is 10.5. The third-order valence-corrected chi connectivity index (χ3v) is 5.18. The molecular formula is C28H49BN4O6. The molecule has 0 fully saturated rings. The monoisotopic (exact) mass is 548 g/mol. The van der Waals surface area contributed by atoms with E-state index in [9.17, 15) is 19.2 Å². The molecule has 1 aromatic carbocycles. The van der Waals surface area contributed by atoms with Crippen LogP contribution in [-0.4, -0.2) is 62.3 Å². The van der Waals surface area contributed by atoms with Gasteiger partial charge in [0.05, 0.1) is 18.6 Å².